The summed E-state index contributed by atoms with van der Waals surface area (Å²) in [6.07, 6.45) is 0. The molecule has 0 aliphatic carbocycles. The normalized spacial score (nSPS) is 10.1. The van der Waals surface area contributed by atoms with E-state index in [9.17, 15) is 4.79 Å². The lowest BCUT2D eigenvalue weighted by atomic mass is 10.2. The average Bonchev–Trinajstić information content (AvgIpc) is 2.44. The first-order chi connectivity index (χ1) is 9.65. The smallest absolute Gasteiger partial charge is 0.258 e. The molecule has 0 spiro atoms. The number of carbonyl (C=O) groups is 1. The topological polar surface area (TPSA) is 38.3 Å². The summed E-state index contributed by atoms with van der Waals surface area (Å²) in [4.78, 5) is 11.7. The number of nitrogens with one attached hydrogen (secondary N) is 1. The van der Waals surface area contributed by atoms with Crippen molar-refractivity contribution in [1.82, 2.24) is 5.32 Å². The summed E-state index contributed by atoms with van der Waals surface area (Å²) in [6, 6.07) is 14.7. The maximum absolute atomic E-state index is 11.7. The molecular formula is C15H13BrClNO2. The second kappa shape index (κ2) is 7.31. The zero-order chi connectivity index (χ0) is 14.4. The molecule has 2 rings (SSSR count). The van der Waals surface area contributed by atoms with Crippen LogP contribution in [0.4, 0.5) is 0 Å². The van der Waals surface area contributed by atoms with E-state index in [1.807, 2.05) is 30.3 Å². The van der Waals surface area contributed by atoms with E-state index in [0.717, 1.165) is 10.0 Å². The standard InChI is InChI=1S/C15H13BrClNO2/c16-12-5-3-6-13(8-12)20-10-15(19)18-9-11-4-1-2-7-14(11)17/h1-8H,9-10H2,(H,18,19). The van der Waals surface area contributed by atoms with Crippen molar-refractivity contribution in [1.29, 1.82) is 0 Å². The van der Waals surface area contributed by atoms with Gasteiger partial charge in [-0.25, -0.2) is 0 Å². The molecule has 3 nitrogen and oxygen atoms in total. The van der Waals surface area contributed by atoms with Gasteiger partial charge in [0.2, 0.25) is 0 Å². The van der Waals surface area contributed by atoms with Gasteiger partial charge in [0.05, 0.1) is 0 Å². The van der Waals surface area contributed by atoms with Crippen LogP contribution in [0.15, 0.2) is 53.0 Å². The fourth-order valence-corrected chi connectivity index (χ4v) is 2.17. The quantitative estimate of drug-likeness (QED) is 0.887. The lowest BCUT2D eigenvalue weighted by Crippen LogP contribution is -2.28. The Labute approximate surface area is 131 Å². The Bertz CT molecular complexity index is 604. The summed E-state index contributed by atoms with van der Waals surface area (Å²) in [5.41, 5.74) is 0.880. The van der Waals surface area contributed by atoms with Crippen LogP contribution in [-0.2, 0) is 11.3 Å². The number of halogens is 2. The third-order valence-corrected chi connectivity index (χ3v) is 3.46. The number of ether oxygens (including phenoxy) is 1. The van der Waals surface area contributed by atoms with E-state index in [2.05, 4.69) is 21.2 Å². The van der Waals surface area contributed by atoms with Gasteiger partial charge in [-0.3, -0.25) is 4.79 Å². The number of benzene rings is 2. The van der Waals surface area contributed by atoms with Crippen LogP contribution in [0.3, 0.4) is 0 Å². The van der Waals surface area contributed by atoms with Crippen molar-refractivity contribution in [3.63, 3.8) is 0 Å². The molecule has 104 valence electrons. The van der Waals surface area contributed by atoms with Crippen LogP contribution < -0.4 is 10.1 Å². The lowest BCUT2D eigenvalue weighted by Gasteiger charge is -2.08. The summed E-state index contributed by atoms with van der Waals surface area (Å²) >= 11 is 9.35. The minimum Gasteiger partial charge on any atom is -0.484 e. The van der Waals surface area contributed by atoms with Crippen LogP contribution in [-0.4, -0.2) is 12.5 Å². The van der Waals surface area contributed by atoms with E-state index in [1.165, 1.54) is 0 Å². The van der Waals surface area contributed by atoms with Gasteiger partial charge in [-0.05, 0) is 29.8 Å². The van der Waals surface area contributed by atoms with E-state index in [1.54, 1.807) is 18.2 Å². The molecule has 0 bridgehead atoms. The number of hydrogen-bond acceptors (Lipinski definition) is 2. The second-order valence-corrected chi connectivity index (χ2v) is 5.44. The highest BCUT2D eigenvalue weighted by Gasteiger charge is 2.04. The van der Waals surface area contributed by atoms with Gasteiger partial charge in [0.25, 0.3) is 5.91 Å². The van der Waals surface area contributed by atoms with Crippen molar-refractivity contribution in [2.45, 2.75) is 6.54 Å². The number of hydrogen-bond donors (Lipinski definition) is 1. The molecule has 0 aliphatic heterocycles. The number of carbonyl (C=O) groups excluding carboxylic acids is 1. The van der Waals surface area contributed by atoms with Crippen molar-refractivity contribution in [3.8, 4) is 5.75 Å². The van der Waals surface area contributed by atoms with Gasteiger partial charge < -0.3 is 10.1 Å². The molecule has 0 heterocycles. The van der Waals surface area contributed by atoms with Gasteiger partial charge in [-0.2, -0.15) is 0 Å². The maximum atomic E-state index is 11.7. The zero-order valence-electron chi connectivity index (χ0n) is 10.6. The minimum absolute atomic E-state index is 0.0269. The monoisotopic (exact) mass is 353 g/mol. The van der Waals surface area contributed by atoms with Gasteiger partial charge in [0.1, 0.15) is 5.75 Å². The molecule has 0 atom stereocenters. The molecule has 0 unspecified atom stereocenters. The SMILES string of the molecule is O=C(COc1cccc(Br)c1)NCc1ccccc1Cl. The Morgan fingerprint density at radius 3 is 2.75 bits per heavy atom. The predicted octanol–water partition coefficient (Wildman–Crippen LogP) is 3.80. The molecule has 2 aromatic rings. The Balaban J connectivity index is 1.80. The molecule has 0 saturated carbocycles. The zero-order valence-corrected chi connectivity index (χ0v) is 12.9. The van der Waals surface area contributed by atoms with Crippen LogP contribution in [0.1, 0.15) is 5.56 Å². The molecule has 20 heavy (non-hydrogen) atoms. The summed E-state index contributed by atoms with van der Waals surface area (Å²) in [5.74, 6) is 0.456. The third kappa shape index (κ3) is 4.54. The van der Waals surface area contributed by atoms with Gasteiger partial charge in [0.15, 0.2) is 6.61 Å². The predicted molar refractivity (Wildman–Crippen MR) is 82.9 cm³/mol. The molecule has 1 amide bonds. The largest absolute Gasteiger partial charge is 0.484 e. The molecule has 0 fully saturated rings. The molecule has 1 N–H and O–H groups in total. The summed E-state index contributed by atoms with van der Waals surface area (Å²) in [7, 11) is 0. The van der Waals surface area contributed by atoms with Gasteiger partial charge in [0, 0.05) is 16.0 Å². The van der Waals surface area contributed by atoms with Crippen molar-refractivity contribution in [3.05, 3.63) is 63.6 Å². The van der Waals surface area contributed by atoms with Crippen LogP contribution in [0.2, 0.25) is 5.02 Å². The van der Waals surface area contributed by atoms with Gasteiger partial charge in [-0.15, -0.1) is 0 Å². The van der Waals surface area contributed by atoms with Crippen LogP contribution in [0, 0.1) is 0 Å². The van der Waals surface area contributed by atoms with Crippen LogP contribution in [0.5, 0.6) is 5.75 Å². The van der Waals surface area contributed by atoms with Crippen molar-refractivity contribution in [2.75, 3.05) is 6.61 Å². The highest BCUT2D eigenvalue weighted by molar-refractivity contribution is 9.10. The maximum Gasteiger partial charge on any atom is 0.258 e. The molecule has 0 radical (unpaired) electrons. The van der Waals surface area contributed by atoms with Crippen LogP contribution >= 0.6 is 27.5 Å². The van der Waals surface area contributed by atoms with E-state index < -0.39 is 0 Å². The first kappa shape index (κ1) is 14.9. The van der Waals surface area contributed by atoms with Crippen molar-refractivity contribution >= 4 is 33.4 Å². The van der Waals surface area contributed by atoms with Crippen LogP contribution in [0.25, 0.3) is 0 Å². The summed E-state index contributed by atoms with van der Waals surface area (Å²) < 4.78 is 6.30. The Morgan fingerprint density at radius 2 is 2.00 bits per heavy atom. The number of amides is 1. The highest BCUT2D eigenvalue weighted by Crippen LogP contribution is 2.17. The molecule has 0 saturated heterocycles. The summed E-state index contributed by atoms with van der Waals surface area (Å²) in [6.45, 7) is 0.362. The van der Waals surface area contributed by atoms with Crippen molar-refractivity contribution < 1.29 is 9.53 Å². The highest BCUT2D eigenvalue weighted by atomic mass is 79.9. The van der Waals surface area contributed by atoms with Gasteiger partial charge in [-0.1, -0.05) is 51.8 Å². The number of rotatable bonds is 5. The molecule has 0 aliphatic rings. The molecule has 0 aromatic heterocycles. The van der Waals surface area contributed by atoms with E-state index >= 15 is 0 Å². The van der Waals surface area contributed by atoms with Crippen molar-refractivity contribution in [2.24, 2.45) is 0 Å². The first-order valence-corrected chi connectivity index (χ1v) is 7.21. The van der Waals surface area contributed by atoms with E-state index in [-0.39, 0.29) is 12.5 Å². The Kier molecular flexibility index (Phi) is 5.44. The molecular weight excluding hydrogens is 342 g/mol. The lowest BCUT2D eigenvalue weighted by molar-refractivity contribution is -0.123. The average molecular weight is 355 g/mol. The Morgan fingerprint density at radius 1 is 1.20 bits per heavy atom. The minimum atomic E-state index is -0.190. The molecule has 2 aromatic carbocycles. The van der Waals surface area contributed by atoms with Gasteiger partial charge >= 0.3 is 0 Å². The second-order valence-electron chi connectivity index (χ2n) is 4.11. The third-order valence-electron chi connectivity index (χ3n) is 2.60. The first-order valence-electron chi connectivity index (χ1n) is 6.03. The van der Waals surface area contributed by atoms with E-state index in [4.69, 9.17) is 16.3 Å². The fourth-order valence-electron chi connectivity index (χ4n) is 1.59. The Hall–Kier alpha value is -1.52. The fraction of sp³-hybridized carbons (Fsp3) is 0.133. The van der Waals surface area contributed by atoms with E-state index in [0.29, 0.717) is 17.3 Å². The molecule has 5 heteroatoms. The summed E-state index contributed by atoms with van der Waals surface area (Å²) in [5, 5.41) is 3.40.